The van der Waals surface area contributed by atoms with Crippen molar-refractivity contribution in [3.63, 3.8) is 0 Å². The van der Waals surface area contributed by atoms with E-state index in [1.807, 2.05) is 0 Å². The van der Waals surface area contributed by atoms with Crippen LogP contribution in [0.5, 0.6) is 0 Å². The van der Waals surface area contributed by atoms with Crippen LogP contribution in [0.15, 0.2) is 36.4 Å². The first-order valence-electron chi connectivity index (χ1n) is 11.4. The summed E-state index contributed by atoms with van der Waals surface area (Å²) in [4.78, 5) is 0. The van der Waals surface area contributed by atoms with Crippen LogP contribution in [-0.4, -0.2) is 12.1 Å². The quantitative estimate of drug-likeness (QED) is 0.325. The van der Waals surface area contributed by atoms with Crippen molar-refractivity contribution in [2.75, 3.05) is 0 Å². The zero-order valence-electron chi connectivity index (χ0n) is 19.8. The number of halogens is 13. The molecular weight excluding hydrogens is 580 g/mol. The summed E-state index contributed by atoms with van der Waals surface area (Å²) >= 11 is 0. The lowest BCUT2D eigenvalue weighted by atomic mass is 9.89. The lowest BCUT2D eigenvalue weighted by Gasteiger charge is -2.34. The third-order valence-corrected chi connectivity index (χ3v) is 6.36. The number of alkyl halides is 12. The van der Waals surface area contributed by atoms with Crippen molar-refractivity contribution in [1.82, 2.24) is 10.6 Å². The van der Waals surface area contributed by atoms with E-state index < -0.39 is 83.3 Å². The van der Waals surface area contributed by atoms with E-state index >= 15 is 0 Å². The fourth-order valence-corrected chi connectivity index (χ4v) is 4.44. The molecule has 2 aromatic carbocycles. The lowest BCUT2D eigenvalue weighted by molar-refractivity contribution is -0.145. The molecule has 0 radical (unpaired) electrons. The number of benzene rings is 2. The van der Waals surface area contributed by atoms with E-state index in [1.165, 1.54) is 0 Å². The van der Waals surface area contributed by atoms with E-state index in [-0.39, 0.29) is 24.5 Å². The molecule has 0 saturated heterocycles. The molecule has 2 nitrogen and oxygen atoms in total. The van der Waals surface area contributed by atoms with Crippen LogP contribution in [0.3, 0.4) is 0 Å². The van der Waals surface area contributed by atoms with Crippen molar-refractivity contribution < 1.29 is 52.7 Å². The zero-order valence-corrected chi connectivity index (χ0v) is 20.6. The summed E-state index contributed by atoms with van der Waals surface area (Å²) < 4.78 is 158. The average molecular weight is 603 g/mol. The highest BCUT2D eigenvalue weighted by Gasteiger charge is 2.39. The number of rotatable bonds is 6. The van der Waals surface area contributed by atoms with Crippen molar-refractivity contribution >= 4 is 12.4 Å². The molecule has 2 N–H and O–H groups in total. The number of nitrogens with one attached hydrogen (secondary N) is 2. The Kier molecular flexibility index (Phi) is 10.3. The van der Waals surface area contributed by atoms with Gasteiger partial charge in [0.25, 0.3) is 0 Å². The van der Waals surface area contributed by atoms with E-state index in [1.54, 1.807) is 0 Å². The third kappa shape index (κ3) is 8.65. The van der Waals surface area contributed by atoms with Gasteiger partial charge in [0.2, 0.25) is 0 Å². The first-order chi connectivity index (χ1) is 17.4. The predicted octanol–water partition coefficient (Wildman–Crippen LogP) is 8.37. The molecule has 0 bridgehead atoms. The van der Waals surface area contributed by atoms with Gasteiger partial charge >= 0.3 is 24.7 Å². The maximum Gasteiger partial charge on any atom is 0.416 e. The molecule has 39 heavy (non-hydrogen) atoms. The van der Waals surface area contributed by atoms with Crippen LogP contribution >= 0.6 is 12.4 Å². The molecule has 15 heteroatoms. The Morgan fingerprint density at radius 1 is 0.538 bits per heavy atom. The standard InChI is InChI=1S/C24H22F12N2.ClH/c25-21(26,27)15-7-5-13(17(9-15)23(31,32)33)11-37-19-3-1-2-4-20(19)38-12-14-6-8-16(22(28,29)30)10-18(14)24(34,35)36;/h5-10,19-20,37-38H,1-4,11-12H2;1H. The fraction of sp³-hybridized carbons (Fsp3) is 0.500. The van der Waals surface area contributed by atoms with Gasteiger partial charge in [-0.15, -0.1) is 12.4 Å². The van der Waals surface area contributed by atoms with Crippen LogP contribution in [0, 0.1) is 0 Å². The SMILES string of the molecule is Cl.FC(F)(F)c1ccc(CNC2CCCCC2NCc2ccc(C(F)(F)F)cc2C(F)(F)F)c(C(F)(F)F)c1. The summed E-state index contributed by atoms with van der Waals surface area (Å²) in [6, 6.07) is 1.47. The van der Waals surface area contributed by atoms with Crippen molar-refractivity contribution in [3.05, 3.63) is 69.8 Å². The van der Waals surface area contributed by atoms with Crippen molar-refractivity contribution in [3.8, 4) is 0 Å². The van der Waals surface area contributed by atoms with Gasteiger partial charge in [-0.1, -0.05) is 25.0 Å². The van der Waals surface area contributed by atoms with Gasteiger partial charge in [0.1, 0.15) is 0 Å². The normalized spacial score (nSPS) is 19.1. The van der Waals surface area contributed by atoms with Gasteiger partial charge in [0, 0.05) is 25.2 Å². The second-order valence-corrected chi connectivity index (χ2v) is 8.99. The molecule has 220 valence electrons. The van der Waals surface area contributed by atoms with Crippen LogP contribution in [0.2, 0.25) is 0 Å². The van der Waals surface area contributed by atoms with E-state index in [4.69, 9.17) is 0 Å². The van der Waals surface area contributed by atoms with E-state index in [0.717, 1.165) is 12.1 Å². The molecular formula is C24H23ClF12N2. The first-order valence-corrected chi connectivity index (χ1v) is 11.4. The van der Waals surface area contributed by atoms with E-state index in [9.17, 15) is 52.7 Å². The number of hydrogen-bond acceptors (Lipinski definition) is 2. The smallest absolute Gasteiger partial charge is 0.308 e. The summed E-state index contributed by atoms with van der Waals surface area (Å²) in [6.07, 6.45) is -17.9. The Morgan fingerprint density at radius 2 is 0.872 bits per heavy atom. The van der Waals surface area contributed by atoms with Crippen molar-refractivity contribution in [2.24, 2.45) is 0 Å². The molecule has 0 heterocycles. The van der Waals surface area contributed by atoms with Crippen LogP contribution in [0.1, 0.15) is 59.1 Å². The number of hydrogen-bond donors (Lipinski definition) is 2. The lowest BCUT2D eigenvalue weighted by Crippen LogP contribution is -2.49. The minimum Gasteiger partial charge on any atom is -0.308 e. The molecule has 2 unspecified atom stereocenters. The largest absolute Gasteiger partial charge is 0.416 e. The zero-order chi connectivity index (χ0) is 28.5. The van der Waals surface area contributed by atoms with Gasteiger partial charge < -0.3 is 10.6 Å². The second kappa shape index (κ2) is 12.1. The molecule has 0 aliphatic heterocycles. The summed E-state index contributed by atoms with van der Waals surface area (Å²) in [5.41, 5.74) is -6.70. The Hall–Kier alpha value is -2.19. The van der Waals surface area contributed by atoms with Gasteiger partial charge in [0.15, 0.2) is 0 Å². The molecule has 1 aliphatic carbocycles. The summed E-state index contributed by atoms with van der Waals surface area (Å²) in [5, 5.41) is 5.71. The van der Waals surface area contributed by atoms with Crippen molar-refractivity contribution in [1.29, 1.82) is 0 Å². The highest BCUT2D eigenvalue weighted by atomic mass is 35.5. The Morgan fingerprint density at radius 3 is 1.15 bits per heavy atom. The topological polar surface area (TPSA) is 24.1 Å². The molecule has 0 amide bonds. The van der Waals surface area contributed by atoms with Crippen LogP contribution < -0.4 is 10.6 Å². The monoisotopic (exact) mass is 602 g/mol. The highest BCUT2D eigenvalue weighted by Crippen LogP contribution is 2.39. The highest BCUT2D eigenvalue weighted by molar-refractivity contribution is 5.85. The minimum atomic E-state index is -5.06. The summed E-state index contributed by atoms with van der Waals surface area (Å²) in [7, 11) is 0. The molecule has 0 aromatic heterocycles. The van der Waals surface area contributed by atoms with E-state index in [2.05, 4.69) is 10.6 Å². The summed E-state index contributed by atoms with van der Waals surface area (Å²) in [5.74, 6) is 0. The first kappa shape index (κ1) is 33.0. The molecule has 0 spiro atoms. The molecule has 1 saturated carbocycles. The van der Waals surface area contributed by atoms with Gasteiger partial charge in [-0.05, 0) is 48.2 Å². The van der Waals surface area contributed by atoms with Crippen LogP contribution in [0.4, 0.5) is 52.7 Å². The van der Waals surface area contributed by atoms with Gasteiger partial charge in [0.05, 0.1) is 22.3 Å². The Bertz CT molecular complexity index is 1020. The maximum absolute atomic E-state index is 13.4. The van der Waals surface area contributed by atoms with Crippen LogP contribution in [-0.2, 0) is 37.8 Å². The Labute approximate surface area is 221 Å². The average Bonchev–Trinajstić information content (AvgIpc) is 2.79. The van der Waals surface area contributed by atoms with Gasteiger partial charge in [-0.25, -0.2) is 0 Å². The molecule has 2 atom stereocenters. The maximum atomic E-state index is 13.4. The van der Waals surface area contributed by atoms with Gasteiger partial charge in [-0.2, -0.15) is 52.7 Å². The second-order valence-electron chi connectivity index (χ2n) is 8.99. The van der Waals surface area contributed by atoms with Crippen molar-refractivity contribution in [2.45, 2.75) is 75.6 Å². The van der Waals surface area contributed by atoms with Gasteiger partial charge in [-0.3, -0.25) is 0 Å². The molecule has 1 aliphatic rings. The summed E-state index contributed by atoms with van der Waals surface area (Å²) in [6.45, 7) is -0.909. The fourth-order valence-electron chi connectivity index (χ4n) is 4.44. The Balaban J connectivity index is 0.00000533. The minimum absolute atomic E-state index is 0. The molecule has 2 aromatic rings. The third-order valence-electron chi connectivity index (χ3n) is 6.36. The van der Waals surface area contributed by atoms with E-state index in [0.29, 0.717) is 37.8 Å². The van der Waals surface area contributed by atoms with Crippen LogP contribution in [0.25, 0.3) is 0 Å². The molecule has 1 fully saturated rings. The predicted molar refractivity (Wildman–Crippen MR) is 120 cm³/mol. The molecule has 3 rings (SSSR count).